The highest BCUT2D eigenvalue weighted by Gasteiger charge is 2.55. The highest BCUT2D eigenvalue weighted by molar-refractivity contribution is 6.12. The number of likely N-dealkylation sites (N-methyl/N-ethyl adjacent to an activating group) is 1. The predicted octanol–water partition coefficient (Wildman–Crippen LogP) is 3.20. The number of imide groups is 1. The highest BCUT2D eigenvalue weighted by atomic mass is 16.2. The molecule has 2 N–H and O–H groups in total. The maximum absolute atomic E-state index is 13.6. The van der Waals surface area contributed by atoms with Gasteiger partial charge in [-0.25, -0.2) is 4.98 Å². The van der Waals surface area contributed by atoms with Gasteiger partial charge in [0.25, 0.3) is 5.91 Å². The van der Waals surface area contributed by atoms with Crippen LogP contribution >= 0.6 is 0 Å². The lowest BCUT2D eigenvalue weighted by Gasteiger charge is -2.46. The second-order valence-electron chi connectivity index (χ2n) is 8.77. The highest BCUT2D eigenvalue weighted by Crippen LogP contribution is 2.35. The molecule has 0 bridgehead atoms. The Morgan fingerprint density at radius 3 is 2.46 bits per heavy atom. The van der Waals surface area contributed by atoms with Crippen LogP contribution in [0.1, 0.15) is 36.8 Å². The van der Waals surface area contributed by atoms with Crippen molar-refractivity contribution in [1.82, 2.24) is 14.9 Å². The van der Waals surface area contributed by atoms with Crippen molar-refractivity contribution in [2.75, 3.05) is 17.7 Å². The summed E-state index contributed by atoms with van der Waals surface area (Å²) < 4.78 is 0. The van der Waals surface area contributed by atoms with Gasteiger partial charge in [0.2, 0.25) is 11.8 Å². The molecule has 0 unspecified atom stereocenters. The Bertz CT molecular complexity index is 1200. The number of rotatable bonds is 8. The molecule has 35 heavy (non-hydrogen) atoms. The number of likely N-dealkylation sites (tertiary alicyclic amines) is 1. The van der Waals surface area contributed by atoms with Crippen molar-refractivity contribution in [1.29, 1.82) is 0 Å². The van der Waals surface area contributed by atoms with E-state index in [0.29, 0.717) is 17.9 Å². The second kappa shape index (κ2) is 10.5. The van der Waals surface area contributed by atoms with Crippen LogP contribution in [0.3, 0.4) is 0 Å². The molecule has 1 aromatic carbocycles. The zero-order valence-electron chi connectivity index (χ0n) is 19.9. The fourth-order valence-electron chi connectivity index (χ4n) is 4.61. The van der Waals surface area contributed by atoms with Crippen LogP contribution in [-0.4, -0.2) is 45.7 Å². The molecule has 0 radical (unpaired) electrons. The molecule has 3 heterocycles. The van der Waals surface area contributed by atoms with Crippen LogP contribution < -0.4 is 10.6 Å². The van der Waals surface area contributed by atoms with Gasteiger partial charge in [-0.3, -0.25) is 24.3 Å². The summed E-state index contributed by atoms with van der Waals surface area (Å²) in [5.41, 5.74) is 8.28. The number of hydrogen-bond donors (Lipinski definition) is 1. The number of anilines is 2. The van der Waals surface area contributed by atoms with Gasteiger partial charge in [0.1, 0.15) is 11.9 Å². The van der Waals surface area contributed by atoms with Gasteiger partial charge in [-0.05, 0) is 54.2 Å². The van der Waals surface area contributed by atoms with E-state index in [0.717, 1.165) is 22.4 Å². The van der Waals surface area contributed by atoms with Crippen molar-refractivity contribution in [2.45, 2.75) is 38.1 Å². The lowest BCUT2D eigenvalue weighted by Crippen LogP contribution is -2.69. The van der Waals surface area contributed by atoms with E-state index in [1.807, 2.05) is 37.3 Å². The molecule has 1 aliphatic rings. The molecule has 1 saturated heterocycles. The Labute approximate surface area is 204 Å². The smallest absolute Gasteiger partial charge is 0.250 e. The molecule has 8 heteroatoms. The van der Waals surface area contributed by atoms with Gasteiger partial charge in [-0.2, -0.15) is 0 Å². The first-order chi connectivity index (χ1) is 16.9. The number of carbonyl (C=O) groups is 3. The summed E-state index contributed by atoms with van der Waals surface area (Å²) >= 11 is 0. The first kappa shape index (κ1) is 24.1. The standard InChI is InChI=1S/C27H29N5O3/c1-3-19(20-7-5-4-6-8-20)17-24(33)32-25(27(35)31(2)21-10-12-29-13-11-21)22(26(32)34)15-18-9-14-30-23(28)16-18/h4-14,16,19,22,25H,3,15,17H2,1-2H3,(H2,28,30)/t19-,22+,25-/m0/s1. The monoisotopic (exact) mass is 471 g/mol. The summed E-state index contributed by atoms with van der Waals surface area (Å²) in [7, 11) is 1.64. The molecule has 3 atom stereocenters. The van der Waals surface area contributed by atoms with Crippen LogP contribution in [0.4, 0.5) is 11.5 Å². The third-order valence-corrected chi connectivity index (χ3v) is 6.60. The van der Waals surface area contributed by atoms with Crippen LogP contribution in [0, 0.1) is 5.92 Å². The fourth-order valence-corrected chi connectivity index (χ4v) is 4.61. The van der Waals surface area contributed by atoms with Crippen LogP contribution in [0.15, 0.2) is 73.2 Å². The van der Waals surface area contributed by atoms with Gasteiger partial charge in [0, 0.05) is 37.7 Å². The summed E-state index contributed by atoms with van der Waals surface area (Å²) in [6.45, 7) is 2.01. The second-order valence-corrected chi connectivity index (χ2v) is 8.77. The lowest BCUT2D eigenvalue weighted by atomic mass is 9.80. The minimum Gasteiger partial charge on any atom is -0.384 e. The van der Waals surface area contributed by atoms with Gasteiger partial charge in [0.05, 0.1) is 5.92 Å². The minimum absolute atomic E-state index is 0.0378. The molecule has 3 aromatic rings. The number of nitrogens with zero attached hydrogens (tertiary/aromatic N) is 4. The van der Waals surface area contributed by atoms with Crippen molar-refractivity contribution in [3.8, 4) is 0 Å². The van der Waals surface area contributed by atoms with Crippen molar-refractivity contribution >= 4 is 29.2 Å². The van der Waals surface area contributed by atoms with E-state index in [2.05, 4.69) is 9.97 Å². The van der Waals surface area contributed by atoms with Gasteiger partial charge in [-0.1, -0.05) is 37.3 Å². The lowest BCUT2D eigenvalue weighted by molar-refractivity contribution is -0.170. The minimum atomic E-state index is -0.893. The molecule has 0 spiro atoms. The van der Waals surface area contributed by atoms with Crippen LogP contribution in [-0.2, 0) is 20.8 Å². The zero-order chi connectivity index (χ0) is 24.9. The summed E-state index contributed by atoms with van der Waals surface area (Å²) in [6, 6.07) is 15.8. The number of pyridine rings is 2. The maximum atomic E-state index is 13.6. The first-order valence-corrected chi connectivity index (χ1v) is 11.7. The summed E-state index contributed by atoms with van der Waals surface area (Å²) in [5, 5.41) is 0. The quantitative estimate of drug-likeness (QED) is 0.505. The topological polar surface area (TPSA) is 109 Å². The largest absolute Gasteiger partial charge is 0.384 e. The normalized spacial score (nSPS) is 18.0. The molecule has 1 aliphatic heterocycles. The van der Waals surface area contributed by atoms with E-state index in [1.165, 1.54) is 4.90 Å². The van der Waals surface area contributed by atoms with E-state index < -0.39 is 12.0 Å². The maximum Gasteiger partial charge on any atom is 0.250 e. The Hall–Kier alpha value is -4.07. The number of hydrogen-bond acceptors (Lipinski definition) is 6. The zero-order valence-corrected chi connectivity index (χ0v) is 19.9. The number of carbonyl (C=O) groups excluding carboxylic acids is 3. The number of amides is 3. The molecule has 0 saturated carbocycles. The average Bonchev–Trinajstić information content (AvgIpc) is 2.89. The van der Waals surface area contributed by atoms with Gasteiger partial charge < -0.3 is 10.6 Å². The summed E-state index contributed by atoms with van der Waals surface area (Å²) in [5.74, 6) is -1.34. The van der Waals surface area contributed by atoms with Gasteiger partial charge in [0.15, 0.2) is 0 Å². The average molecular weight is 472 g/mol. The summed E-state index contributed by atoms with van der Waals surface area (Å²) in [4.78, 5) is 50.9. The Morgan fingerprint density at radius 1 is 1.09 bits per heavy atom. The van der Waals surface area contributed by atoms with E-state index >= 15 is 0 Å². The third-order valence-electron chi connectivity index (χ3n) is 6.60. The molecule has 4 rings (SSSR count). The van der Waals surface area contributed by atoms with E-state index in [-0.39, 0.29) is 30.1 Å². The number of nitrogen functional groups attached to an aromatic ring is 1. The van der Waals surface area contributed by atoms with Gasteiger partial charge >= 0.3 is 0 Å². The molecule has 3 amide bonds. The Kier molecular flexibility index (Phi) is 7.19. The number of β-lactam (4-membered cyclic amide) rings is 1. The third kappa shape index (κ3) is 5.06. The molecule has 180 valence electrons. The van der Waals surface area contributed by atoms with Crippen molar-refractivity contribution in [3.63, 3.8) is 0 Å². The molecular formula is C27H29N5O3. The Balaban J connectivity index is 1.59. The van der Waals surface area contributed by atoms with Crippen molar-refractivity contribution in [3.05, 3.63) is 84.3 Å². The number of benzene rings is 1. The van der Waals surface area contributed by atoms with Gasteiger partial charge in [-0.15, -0.1) is 0 Å². The van der Waals surface area contributed by atoms with Crippen molar-refractivity contribution < 1.29 is 14.4 Å². The van der Waals surface area contributed by atoms with E-state index in [1.54, 1.807) is 49.9 Å². The molecule has 0 aliphatic carbocycles. The van der Waals surface area contributed by atoms with Crippen LogP contribution in [0.25, 0.3) is 0 Å². The van der Waals surface area contributed by atoms with E-state index in [4.69, 9.17) is 5.73 Å². The fraction of sp³-hybridized carbons (Fsp3) is 0.296. The van der Waals surface area contributed by atoms with E-state index in [9.17, 15) is 14.4 Å². The molecule has 1 fully saturated rings. The molecular weight excluding hydrogens is 442 g/mol. The number of nitrogens with two attached hydrogens (primary N) is 1. The SMILES string of the molecule is CC[C@@H](CC(=O)N1C(=O)[C@H](Cc2ccnc(N)c2)[C@H]1C(=O)N(C)c1ccncc1)c1ccccc1. The first-order valence-electron chi connectivity index (χ1n) is 11.7. The van der Waals surface area contributed by atoms with Crippen LogP contribution in [0.5, 0.6) is 0 Å². The predicted molar refractivity (Wildman–Crippen MR) is 133 cm³/mol. The Morgan fingerprint density at radius 2 is 1.80 bits per heavy atom. The van der Waals surface area contributed by atoms with Crippen molar-refractivity contribution in [2.24, 2.45) is 5.92 Å². The number of aromatic nitrogens is 2. The molecule has 2 aromatic heterocycles. The summed E-state index contributed by atoms with van der Waals surface area (Å²) in [6.07, 6.45) is 5.96. The molecule has 8 nitrogen and oxygen atoms in total. The van der Waals surface area contributed by atoms with Crippen LogP contribution in [0.2, 0.25) is 0 Å².